The highest BCUT2D eigenvalue weighted by Crippen LogP contribution is 2.19. The van der Waals surface area contributed by atoms with Crippen LogP contribution >= 0.6 is 11.8 Å². The summed E-state index contributed by atoms with van der Waals surface area (Å²) in [6, 6.07) is 0. The number of carboxylic acid groups (broad SMARTS) is 1. The van der Waals surface area contributed by atoms with E-state index in [0.29, 0.717) is 5.75 Å². The minimum Gasteiger partial charge on any atom is -0.481 e. The van der Waals surface area contributed by atoms with E-state index in [-0.39, 0.29) is 11.0 Å². The minimum atomic E-state index is -2.93. The summed E-state index contributed by atoms with van der Waals surface area (Å²) in [5.74, 6) is -0.727. The van der Waals surface area contributed by atoms with Gasteiger partial charge in [-0.3, -0.25) is 4.79 Å². The van der Waals surface area contributed by atoms with Crippen molar-refractivity contribution in [2.75, 3.05) is 17.8 Å². The highest BCUT2D eigenvalue weighted by Gasteiger charge is 2.19. The second kappa shape index (κ2) is 5.60. The van der Waals surface area contributed by atoms with E-state index in [1.165, 1.54) is 18.0 Å². The third-order valence-electron chi connectivity index (χ3n) is 1.93. The van der Waals surface area contributed by atoms with Crippen LogP contribution in [0, 0.1) is 5.92 Å². The third-order valence-corrected chi connectivity index (χ3v) is 4.51. The van der Waals surface area contributed by atoms with Gasteiger partial charge in [0.05, 0.1) is 11.7 Å². The lowest BCUT2D eigenvalue weighted by Gasteiger charge is -2.14. The monoisotopic (exact) mass is 240 g/mol. The van der Waals surface area contributed by atoms with Gasteiger partial charge in [-0.1, -0.05) is 13.8 Å². The van der Waals surface area contributed by atoms with Gasteiger partial charge in [0, 0.05) is 17.3 Å². The molecule has 0 aromatic carbocycles. The molecule has 0 fully saturated rings. The SMILES string of the molecule is CC(SCCS(C)(=O)=O)C(C)C(=O)O. The molecule has 14 heavy (non-hydrogen) atoms. The Hall–Kier alpha value is -0.230. The molecule has 2 unspecified atom stereocenters. The average molecular weight is 240 g/mol. The van der Waals surface area contributed by atoms with Crippen molar-refractivity contribution < 1.29 is 18.3 Å². The molecule has 0 aromatic rings. The van der Waals surface area contributed by atoms with Gasteiger partial charge in [-0.05, 0) is 0 Å². The molecule has 0 radical (unpaired) electrons. The van der Waals surface area contributed by atoms with Crippen LogP contribution in [0.1, 0.15) is 13.8 Å². The smallest absolute Gasteiger partial charge is 0.307 e. The molecule has 0 aliphatic rings. The lowest BCUT2D eigenvalue weighted by atomic mass is 10.1. The Balaban J connectivity index is 3.86. The van der Waals surface area contributed by atoms with Crippen LogP contribution in [0.25, 0.3) is 0 Å². The molecule has 4 nitrogen and oxygen atoms in total. The van der Waals surface area contributed by atoms with Crippen LogP contribution in [0.3, 0.4) is 0 Å². The van der Waals surface area contributed by atoms with Crippen molar-refractivity contribution in [3.8, 4) is 0 Å². The van der Waals surface area contributed by atoms with Crippen molar-refractivity contribution in [2.24, 2.45) is 5.92 Å². The predicted octanol–water partition coefficient (Wildman–Crippen LogP) is 0.873. The highest BCUT2D eigenvalue weighted by atomic mass is 32.2. The number of hydrogen-bond acceptors (Lipinski definition) is 4. The molecule has 0 aliphatic heterocycles. The summed E-state index contributed by atoms with van der Waals surface area (Å²) in [6.45, 7) is 3.42. The van der Waals surface area contributed by atoms with E-state index < -0.39 is 21.7 Å². The van der Waals surface area contributed by atoms with Crippen molar-refractivity contribution in [1.82, 2.24) is 0 Å². The van der Waals surface area contributed by atoms with Gasteiger partial charge < -0.3 is 5.11 Å². The van der Waals surface area contributed by atoms with Gasteiger partial charge in [0.2, 0.25) is 0 Å². The molecule has 0 rings (SSSR count). The van der Waals surface area contributed by atoms with E-state index in [9.17, 15) is 13.2 Å². The minimum absolute atomic E-state index is 0.0609. The molecule has 1 N–H and O–H groups in total. The molecule has 0 saturated heterocycles. The summed E-state index contributed by atoms with van der Waals surface area (Å²) in [5, 5.41) is 8.62. The molecule has 0 aromatic heterocycles. The first-order valence-electron chi connectivity index (χ1n) is 4.26. The van der Waals surface area contributed by atoms with Gasteiger partial charge in [-0.15, -0.1) is 0 Å². The van der Waals surface area contributed by atoms with E-state index >= 15 is 0 Å². The maximum Gasteiger partial charge on any atom is 0.307 e. The van der Waals surface area contributed by atoms with Crippen molar-refractivity contribution in [1.29, 1.82) is 0 Å². The van der Waals surface area contributed by atoms with Gasteiger partial charge in [-0.25, -0.2) is 8.42 Å². The largest absolute Gasteiger partial charge is 0.481 e. The van der Waals surface area contributed by atoms with Crippen molar-refractivity contribution in [3.05, 3.63) is 0 Å². The Morgan fingerprint density at radius 2 is 1.93 bits per heavy atom. The predicted molar refractivity (Wildman–Crippen MR) is 58.4 cm³/mol. The summed E-state index contributed by atoms with van der Waals surface area (Å²) in [6.07, 6.45) is 1.18. The molecule has 0 bridgehead atoms. The summed E-state index contributed by atoms with van der Waals surface area (Å²) >= 11 is 1.38. The molecular weight excluding hydrogens is 224 g/mol. The number of hydrogen-bond donors (Lipinski definition) is 1. The van der Waals surface area contributed by atoms with Gasteiger partial charge in [-0.2, -0.15) is 11.8 Å². The molecule has 84 valence electrons. The summed E-state index contributed by atoms with van der Waals surface area (Å²) in [4.78, 5) is 10.6. The van der Waals surface area contributed by atoms with E-state index in [1.807, 2.05) is 0 Å². The van der Waals surface area contributed by atoms with Gasteiger partial charge in [0.25, 0.3) is 0 Å². The topological polar surface area (TPSA) is 71.4 Å². The third kappa shape index (κ3) is 6.26. The first-order chi connectivity index (χ1) is 6.24. The van der Waals surface area contributed by atoms with Crippen molar-refractivity contribution >= 4 is 27.6 Å². The zero-order valence-electron chi connectivity index (χ0n) is 8.56. The fraction of sp³-hybridized carbons (Fsp3) is 0.875. The van der Waals surface area contributed by atoms with Crippen LogP contribution in [0.2, 0.25) is 0 Å². The van der Waals surface area contributed by atoms with Crippen LogP contribution in [0.15, 0.2) is 0 Å². The normalized spacial score (nSPS) is 16.2. The zero-order valence-corrected chi connectivity index (χ0v) is 10.2. The molecular formula is C8H16O4S2. The molecule has 0 amide bonds. The van der Waals surface area contributed by atoms with E-state index in [2.05, 4.69) is 0 Å². The lowest BCUT2D eigenvalue weighted by Crippen LogP contribution is -2.21. The Morgan fingerprint density at radius 3 is 2.29 bits per heavy atom. The van der Waals surface area contributed by atoms with Crippen LogP contribution in [0.5, 0.6) is 0 Å². The van der Waals surface area contributed by atoms with Crippen LogP contribution in [-0.2, 0) is 14.6 Å². The van der Waals surface area contributed by atoms with Crippen LogP contribution in [-0.4, -0.2) is 42.5 Å². The molecule has 0 heterocycles. The number of rotatable bonds is 6. The first-order valence-corrected chi connectivity index (χ1v) is 7.37. The maximum absolute atomic E-state index is 10.8. The van der Waals surface area contributed by atoms with Gasteiger partial charge >= 0.3 is 5.97 Å². The number of carboxylic acids is 1. The number of aliphatic carboxylic acids is 1. The van der Waals surface area contributed by atoms with Crippen LogP contribution in [0.4, 0.5) is 0 Å². The Labute approximate surface area is 89.0 Å². The number of thioether (sulfide) groups is 1. The van der Waals surface area contributed by atoms with Gasteiger partial charge in [0.15, 0.2) is 0 Å². The molecule has 6 heteroatoms. The van der Waals surface area contributed by atoms with Crippen LogP contribution < -0.4 is 0 Å². The van der Waals surface area contributed by atoms with Crippen molar-refractivity contribution in [2.45, 2.75) is 19.1 Å². The van der Waals surface area contributed by atoms with E-state index in [4.69, 9.17) is 5.11 Å². The Bertz CT molecular complexity index is 284. The second-order valence-electron chi connectivity index (χ2n) is 3.33. The summed E-state index contributed by atoms with van der Waals surface area (Å²) < 4.78 is 21.6. The Morgan fingerprint density at radius 1 is 1.43 bits per heavy atom. The van der Waals surface area contributed by atoms with Gasteiger partial charge in [0.1, 0.15) is 9.84 Å². The molecule has 0 saturated carbocycles. The van der Waals surface area contributed by atoms with Crippen molar-refractivity contribution in [3.63, 3.8) is 0 Å². The van der Waals surface area contributed by atoms with E-state index in [0.717, 1.165) is 0 Å². The second-order valence-corrected chi connectivity index (χ2v) is 7.08. The fourth-order valence-electron chi connectivity index (χ4n) is 0.731. The quantitative estimate of drug-likeness (QED) is 0.746. The molecule has 0 spiro atoms. The lowest BCUT2D eigenvalue weighted by molar-refractivity contribution is -0.140. The maximum atomic E-state index is 10.8. The molecule has 0 aliphatic carbocycles. The summed E-state index contributed by atoms with van der Waals surface area (Å²) in [5.41, 5.74) is 0. The highest BCUT2D eigenvalue weighted by molar-refractivity contribution is 8.01. The zero-order chi connectivity index (χ0) is 11.4. The fourth-order valence-corrected chi connectivity index (χ4v) is 3.10. The average Bonchev–Trinajstić information content (AvgIpc) is 2.00. The number of sulfone groups is 1. The standard InChI is InChI=1S/C8H16O4S2/c1-6(8(9)10)7(2)13-4-5-14(3,11)12/h6-7H,4-5H2,1-3H3,(H,9,10). The Kier molecular flexibility index (Phi) is 5.51. The van der Waals surface area contributed by atoms with E-state index in [1.54, 1.807) is 13.8 Å². The molecule has 2 atom stereocenters. The summed E-state index contributed by atoms with van der Waals surface area (Å²) in [7, 11) is -2.93. The first kappa shape index (κ1) is 13.8. The number of carbonyl (C=O) groups is 1.